The number of hydrogen-bond donors (Lipinski definition) is 0. The third kappa shape index (κ3) is 62.8. The van der Waals surface area contributed by atoms with Gasteiger partial charge in [-0.25, -0.2) is 0 Å². The summed E-state index contributed by atoms with van der Waals surface area (Å²) in [5.41, 5.74) is 0. The molecule has 440 valence electrons. The molecule has 0 amide bonds. The standard InChI is InChI=1S/C71H120O6/c1-4-7-10-13-16-18-20-22-24-26-28-29-30-31-32-33-34-35-36-37-38-39-40-41-43-44-46-48-50-52-55-58-61-64-70(73)76-67-68(66-75-69(72)63-60-57-54-15-12-9-6-3)77-71(74)65-62-59-56-53-51-49-47-45-42-27-25-23-21-19-17-14-11-8-5-2/h8,11,17,19-20,22-23,25-26,28,30-31,42,45,49,51,56,59,68H,4-7,9-10,12-16,18,21,24,27,29,32-41,43-44,46-48,50,52-55,57-58,60-67H2,1-3H3/b11-8-,19-17-,22-20-,25-23-,28-26-,31-30-,45-42-,51-49-,59-56-. The number of esters is 3. The van der Waals surface area contributed by atoms with Crippen LogP contribution < -0.4 is 0 Å². The number of ether oxygens (including phenoxy) is 3. The molecule has 6 heteroatoms. The van der Waals surface area contributed by atoms with Crippen molar-refractivity contribution in [3.63, 3.8) is 0 Å². The van der Waals surface area contributed by atoms with Crippen LogP contribution in [0.1, 0.15) is 303 Å². The fraction of sp³-hybridized carbons (Fsp3) is 0.704. The van der Waals surface area contributed by atoms with E-state index >= 15 is 0 Å². The van der Waals surface area contributed by atoms with Crippen molar-refractivity contribution in [2.45, 2.75) is 309 Å². The lowest BCUT2D eigenvalue weighted by Crippen LogP contribution is -2.30. The molecule has 1 unspecified atom stereocenters. The van der Waals surface area contributed by atoms with E-state index in [1.807, 2.05) is 6.08 Å². The van der Waals surface area contributed by atoms with Crippen molar-refractivity contribution < 1.29 is 28.6 Å². The summed E-state index contributed by atoms with van der Waals surface area (Å²) in [7, 11) is 0. The van der Waals surface area contributed by atoms with Crippen LogP contribution in [-0.2, 0) is 28.6 Å². The maximum Gasteiger partial charge on any atom is 0.306 e. The Morgan fingerprint density at radius 2 is 0.532 bits per heavy atom. The number of allylic oxidation sites excluding steroid dienone is 18. The molecule has 0 fully saturated rings. The van der Waals surface area contributed by atoms with Crippen LogP contribution in [0.5, 0.6) is 0 Å². The van der Waals surface area contributed by atoms with E-state index in [4.69, 9.17) is 14.2 Å². The quantitative estimate of drug-likeness (QED) is 0.0261. The maximum absolute atomic E-state index is 12.8. The SMILES string of the molecule is CC/C=C\C/C=C\C/C=C\C/C=C\C/C=C\C/C=C\CCC(=O)OC(COC(=O)CCCCCCCCC)COC(=O)CCCCCCCCCCCCCCCCCCCC/C=C\C/C=C\C/C=C\CCCCCCC. The van der Waals surface area contributed by atoms with E-state index in [9.17, 15) is 14.4 Å². The van der Waals surface area contributed by atoms with E-state index < -0.39 is 12.1 Å². The van der Waals surface area contributed by atoms with Crippen LogP contribution in [0.15, 0.2) is 109 Å². The average molecular weight is 1070 g/mol. The molecule has 0 aliphatic carbocycles. The van der Waals surface area contributed by atoms with E-state index in [1.165, 1.54) is 167 Å². The Morgan fingerprint density at radius 1 is 0.273 bits per heavy atom. The van der Waals surface area contributed by atoms with E-state index in [2.05, 4.69) is 124 Å². The van der Waals surface area contributed by atoms with Gasteiger partial charge in [0.25, 0.3) is 0 Å². The van der Waals surface area contributed by atoms with Crippen LogP contribution >= 0.6 is 0 Å². The molecule has 0 rings (SSSR count). The maximum atomic E-state index is 12.8. The summed E-state index contributed by atoms with van der Waals surface area (Å²) in [6, 6.07) is 0. The van der Waals surface area contributed by atoms with Gasteiger partial charge in [-0.2, -0.15) is 0 Å². The summed E-state index contributed by atoms with van der Waals surface area (Å²) in [5.74, 6) is -0.993. The smallest absolute Gasteiger partial charge is 0.306 e. The number of carbonyl (C=O) groups excluding carboxylic acids is 3. The Balaban J connectivity index is 4.11. The minimum Gasteiger partial charge on any atom is -0.462 e. The van der Waals surface area contributed by atoms with Crippen molar-refractivity contribution >= 4 is 17.9 Å². The summed E-state index contributed by atoms with van der Waals surface area (Å²) in [5, 5.41) is 0. The number of rotatable bonds is 58. The largest absolute Gasteiger partial charge is 0.462 e. The van der Waals surface area contributed by atoms with Gasteiger partial charge in [-0.1, -0.05) is 297 Å². The van der Waals surface area contributed by atoms with Crippen molar-refractivity contribution in [1.29, 1.82) is 0 Å². The van der Waals surface area contributed by atoms with Gasteiger partial charge in [0, 0.05) is 19.3 Å². The van der Waals surface area contributed by atoms with Gasteiger partial charge < -0.3 is 14.2 Å². The van der Waals surface area contributed by atoms with Gasteiger partial charge in [-0.05, 0) is 96.3 Å². The normalized spacial score (nSPS) is 12.8. The zero-order chi connectivity index (χ0) is 55.7. The van der Waals surface area contributed by atoms with Crippen molar-refractivity contribution in [2.24, 2.45) is 0 Å². The molecule has 0 aliphatic heterocycles. The Bertz CT molecular complexity index is 1560. The molecule has 0 N–H and O–H groups in total. The second-order valence-electron chi connectivity index (χ2n) is 21.3. The Kier molecular flexibility index (Phi) is 61.3. The highest BCUT2D eigenvalue weighted by Crippen LogP contribution is 2.16. The van der Waals surface area contributed by atoms with Gasteiger partial charge in [-0.15, -0.1) is 0 Å². The molecule has 0 saturated heterocycles. The van der Waals surface area contributed by atoms with Gasteiger partial charge in [-0.3, -0.25) is 14.4 Å². The molecule has 0 spiro atoms. The van der Waals surface area contributed by atoms with E-state index in [0.29, 0.717) is 19.3 Å². The second kappa shape index (κ2) is 64.6. The fourth-order valence-corrected chi connectivity index (χ4v) is 8.95. The molecule has 0 radical (unpaired) electrons. The van der Waals surface area contributed by atoms with Gasteiger partial charge in [0.15, 0.2) is 6.10 Å². The molecule has 0 aromatic carbocycles. The lowest BCUT2D eigenvalue weighted by atomic mass is 10.0. The van der Waals surface area contributed by atoms with Crippen molar-refractivity contribution in [3.8, 4) is 0 Å². The first kappa shape index (κ1) is 73.1. The molecule has 0 aromatic heterocycles. The average Bonchev–Trinajstić information content (AvgIpc) is 3.43. The Morgan fingerprint density at radius 3 is 0.844 bits per heavy atom. The third-order valence-electron chi connectivity index (χ3n) is 13.8. The van der Waals surface area contributed by atoms with Gasteiger partial charge in [0.1, 0.15) is 13.2 Å². The minimum absolute atomic E-state index is 0.106. The lowest BCUT2D eigenvalue weighted by Gasteiger charge is -2.18. The molecule has 0 aromatic rings. The van der Waals surface area contributed by atoms with Gasteiger partial charge >= 0.3 is 17.9 Å². The first-order valence-corrected chi connectivity index (χ1v) is 32.4. The predicted octanol–water partition coefficient (Wildman–Crippen LogP) is 22.2. The monoisotopic (exact) mass is 1070 g/mol. The van der Waals surface area contributed by atoms with Crippen LogP contribution in [0.3, 0.4) is 0 Å². The molecule has 0 bridgehead atoms. The number of carbonyl (C=O) groups is 3. The van der Waals surface area contributed by atoms with Gasteiger partial charge in [0.05, 0.1) is 0 Å². The lowest BCUT2D eigenvalue weighted by molar-refractivity contribution is -0.166. The molecular formula is C71H120O6. The second-order valence-corrected chi connectivity index (χ2v) is 21.3. The Hall–Kier alpha value is -3.93. The fourth-order valence-electron chi connectivity index (χ4n) is 8.95. The third-order valence-corrected chi connectivity index (χ3v) is 13.8. The number of unbranched alkanes of at least 4 members (excludes halogenated alkanes) is 29. The van der Waals surface area contributed by atoms with Crippen LogP contribution in [0.2, 0.25) is 0 Å². The molecule has 6 nitrogen and oxygen atoms in total. The highest BCUT2D eigenvalue weighted by Gasteiger charge is 2.19. The van der Waals surface area contributed by atoms with E-state index in [0.717, 1.165) is 89.9 Å². The topological polar surface area (TPSA) is 78.9 Å². The first-order chi connectivity index (χ1) is 38.0. The molecular weight excluding hydrogens is 949 g/mol. The van der Waals surface area contributed by atoms with Gasteiger partial charge in [0.2, 0.25) is 0 Å². The number of hydrogen-bond acceptors (Lipinski definition) is 6. The summed E-state index contributed by atoms with van der Waals surface area (Å²) in [6.07, 6.45) is 88.7. The summed E-state index contributed by atoms with van der Waals surface area (Å²) in [6.45, 7) is 6.42. The summed E-state index contributed by atoms with van der Waals surface area (Å²) >= 11 is 0. The highest BCUT2D eigenvalue weighted by molar-refractivity contribution is 5.71. The van der Waals surface area contributed by atoms with E-state index in [1.54, 1.807) is 0 Å². The van der Waals surface area contributed by atoms with Crippen molar-refractivity contribution in [2.75, 3.05) is 13.2 Å². The molecule has 77 heavy (non-hydrogen) atoms. The van der Waals surface area contributed by atoms with Crippen LogP contribution in [0.4, 0.5) is 0 Å². The molecule has 1 atom stereocenters. The minimum atomic E-state index is -0.816. The van der Waals surface area contributed by atoms with Crippen LogP contribution in [0.25, 0.3) is 0 Å². The van der Waals surface area contributed by atoms with Crippen LogP contribution in [0, 0.1) is 0 Å². The zero-order valence-corrected chi connectivity index (χ0v) is 50.4. The van der Waals surface area contributed by atoms with E-state index in [-0.39, 0.29) is 31.6 Å². The van der Waals surface area contributed by atoms with Crippen molar-refractivity contribution in [1.82, 2.24) is 0 Å². The van der Waals surface area contributed by atoms with Crippen molar-refractivity contribution in [3.05, 3.63) is 109 Å². The van der Waals surface area contributed by atoms with Crippen LogP contribution in [-0.4, -0.2) is 37.2 Å². The summed E-state index contributed by atoms with van der Waals surface area (Å²) in [4.78, 5) is 38.0. The molecule has 0 aliphatic rings. The molecule has 0 heterocycles. The highest BCUT2D eigenvalue weighted by atomic mass is 16.6. The predicted molar refractivity (Wildman–Crippen MR) is 334 cm³/mol. The molecule has 0 saturated carbocycles. The summed E-state index contributed by atoms with van der Waals surface area (Å²) < 4.78 is 16.7. The zero-order valence-electron chi connectivity index (χ0n) is 50.4. The first-order valence-electron chi connectivity index (χ1n) is 32.4. The Labute approximate surface area is 476 Å².